The van der Waals surface area contributed by atoms with Gasteiger partial charge >= 0.3 is 6.18 Å². The van der Waals surface area contributed by atoms with E-state index < -0.39 is 24.5 Å². The van der Waals surface area contributed by atoms with Gasteiger partial charge in [-0.25, -0.2) is 4.39 Å². The van der Waals surface area contributed by atoms with Crippen LogP contribution in [0.25, 0.3) is 0 Å². The van der Waals surface area contributed by atoms with Crippen molar-refractivity contribution in [1.82, 2.24) is 0 Å². The van der Waals surface area contributed by atoms with E-state index in [0.29, 0.717) is 5.69 Å². The Bertz CT molecular complexity index is 439. The van der Waals surface area contributed by atoms with Crippen molar-refractivity contribution in [2.24, 2.45) is 5.92 Å². The number of nitrogens with one attached hydrogen (secondary N) is 1. The Kier molecular flexibility index (Phi) is 4.34. The first kappa shape index (κ1) is 13.8. The van der Waals surface area contributed by atoms with Crippen LogP contribution in [0.5, 0.6) is 0 Å². The highest BCUT2D eigenvalue weighted by Gasteiger charge is 2.39. The molecule has 0 aromatic heterocycles. The molecule has 2 nitrogen and oxygen atoms in total. The van der Waals surface area contributed by atoms with Crippen LogP contribution in [0.1, 0.15) is 0 Å². The van der Waals surface area contributed by atoms with Gasteiger partial charge in [0.25, 0.3) is 0 Å². The van der Waals surface area contributed by atoms with Crippen molar-refractivity contribution in [2.75, 3.05) is 11.9 Å². The van der Waals surface area contributed by atoms with Crippen molar-refractivity contribution >= 4 is 21.6 Å². The molecule has 1 aromatic carbocycles. The topological polar surface area (TPSA) is 35.8 Å². The number of benzene rings is 1. The van der Waals surface area contributed by atoms with E-state index in [-0.39, 0.29) is 4.47 Å². The number of nitrogens with zero attached hydrogens (tertiary/aromatic N) is 1. The molecule has 1 unspecified atom stereocenters. The van der Waals surface area contributed by atoms with Gasteiger partial charge in [0.1, 0.15) is 5.82 Å². The summed E-state index contributed by atoms with van der Waals surface area (Å²) in [5, 5.41) is 10.8. The minimum Gasteiger partial charge on any atom is -0.383 e. The van der Waals surface area contributed by atoms with Gasteiger partial charge in [-0.15, -0.1) is 0 Å². The Hall–Kier alpha value is -1.29. The molecule has 17 heavy (non-hydrogen) atoms. The lowest BCUT2D eigenvalue weighted by atomic mass is 10.1. The SMILES string of the molecule is N#CC(CNc1ccc(F)c(Br)c1)C(F)(F)F. The summed E-state index contributed by atoms with van der Waals surface area (Å²) in [7, 11) is 0. The second-order valence-corrected chi connectivity index (χ2v) is 4.09. The van der Waals surface area contributed by atoms with E-state index in [2.05, 4.69) is 21.2 Å². The molecule has 92 valence electrons. The first-order valence-electron chi connectivity index (χ1n) is 4.50. The molecule has 0 fully saturated rings. The molecule has 0 bridgehead atoms. The molecule has 1 rings (SSSR count). The second kappa shape index (κ2) is 5.36. The van der Waals surface area contributed by atoms with Crippen molar-refractivity contribution in [2.45, 2.75) is 6.18 Å². The lowest BCUT2D eigenvalue weighted by molar-refractivity contribution is -0.155. The highest BCUT2D eigenvalue weighted by molar-refractivity contribution is 9.10. The summed E-state index contributed by atoms with van der Waals surface area (Å²) in [6.45, 7) is -0.571. The quantitative estimate of drug-likeness (QED) is 0.864. The number of nitriles is 1. The standard InChI is InChI=1S/C10H7BrF4N2/c11-8-3-7(1-2-9(8)12)17-5-6(4-16)10(13,14)15/h1-3,6,17H,5H2. The van der Waals surface area contributed by atoms with Crippen LogP contribution in [0.2, 0.25) is 0 Å². The van der Waals surface area contributed by atoms with Gasteiger partial charge in [0.05, 0.1) is 10.5 Å². The van der Waals surface area contributed by atoms with Crippen LogP contribution in [-0.2, 0) is 0 Å². The van der Waals surface area contributed by atoms with Crippen LogP contribution < -0.4 is 5.32 Å². The average Bonchev–Trinajstić information content (AvgIpc) is 2.22. The number of halogens is 5. The summed E-state index contributed by atoms with van der Waals surface area (Å²) in [6.07, 6.45) is -4.57. The molecule has 0 saturated heterocycles. The van der Waals surface area contributed by atoms with Crippen LogP contribution in [-0.4, -0.2) is 12.7 Å². The Morgan fingerprint density at radius 3 is 2.53 bits per heavy atom. The van der Waals surface area contributed by atoms with Crippen LogP contribution >= 0.6 is 15.9 Å². The average molecular weight is 311 g/mol. The normalized spacial score (nSPS) is 12.9. The minimum atomic E-state index is -4.57. The molecule has 7 heteroatoms. The van der Waals surface area contributed by atoms with E-state index in [9.17, 15) is 17.6 Å². The molecule has 0 heterocycles. The van der Waals surface area contributed by atoms with E-state index in [4.69, 9.17) is 5.26 Å². The van der Waals surface area contributed by atoms with E-state index >= 15 is 0 Å². The Balaban J connectivity index is 2.67. The van der Waals surface area contributed by atoms with E-state index in [0.717, 1.165) is 12.1 Å². The first-order chi connectivity index (χ1) is 7.84. The minimum absolute atomic E-state index is 0.142. The molecular weight excluding hydrogens is 304 g/mol. The van der Waals surface area contributed by atoms with Crippen molar-refractivity contribution in [3.05, 3.63) is 28.5 Å². The van der Waals surface area contributed by atoms with Gasteiger partial charge in [0.15, 0.2) is 5.92 Å². The van der Waals surface area contributed by atoms with Gasteiger partial charge in [-0.3, -0.25) is 0 Å². The van der Waals surface area contributed by atoms with Crippen LogP contribution in [0, 0.1) is 23.1 Å². The molecule has 0 radical (unpaired) electrons. The molecule has 0 spiro atoms. The summed E-state index contributed by atoms with van der Waals surface area (Å²) in [5.74, 6) is -2.60. The predicted octanol–water partition coefficient (Wildman–Crippen LogP) is 3.70. The van der Waals surface area contributed by atoms with Gasteiger partial charge in [0.2, 0.25) is 0 Å². The number of anilines is 1. The van der Waals surface area contributed by atoms with Gasteiger partial charge in [-0.1, -0.05) is 0 Å². The molecule has 0 aliphatic rings. The summed E-state index contributed by atoms with van der Waals surface area (Å²) < 4.78 is 49.7. The third kappa shape index (κ3) is 3.89. The first-order valence-corrected chi connectivity index (χ1v) is 5.29. The fraction of sp³-hybridized carbons (Fsp3) is 0.300. The second-order valence-electron chi connectivity index (χ2n) is 3.23. The number of rotatable bonds is 3. The smallest absolute Gasteiger partial charge is 0.383 e. The lowest BCUT2D eigenvalue weighted by Gasteiger charge is -2.14. The number of hydrogen-bond donors (Lipinski definition) is 1. The summed E-state index contributed by atoms with van der Waals surface area (Å²) >= 11 is 2.91. The molecule has 0 saturated carbocycles. The molecule has 0 amide bonds. The third-order valence-corrected chi connectivity index (χ3v) is 2.59. The maximum absolute atomic E-state index is 12.8. The van der Waals surface area contributed by atoms with Gasteiger partial charge < -0.3 is 5.32 Å². The van der Waals surface area contributed by atoms with E-state index in [1.165, 1.54) is 12.1 Å². The molecule has 1 N–H and O–H groups in total. The molecule has 0 aliphatic carbocycles. The zero-order chi connectivity index (χ0) is 13.1. The van der Waals surface area contributed by atoms with E-state index in [1.807, 2.05) is 0 Å². The number of hydrogen-bond acceptors (Lipinski definition) is 2. The summed E-state index contributed by atoms with van der Waals surface area (Å²) in [5.41, 5.74) is 0.308. The highest BCUT2D eigenvalue weighted by atomic mass is 79.9. The van der Waals surface area contributed by atoms with Gasteiger partial charge in [0, 0.05) is 12.2 Å². The van der Waals surface area contributed by atoms with Crippen LogP contribution in [0.4, 0.5) is 23.2 Å². The Morgan fingerprint density at radius 1 is 1.41 bits per heavy atom. The van der Waals surface area contributed by atoms with Crippen LogP contribution in [0.15, 0.2) is 22.7 Å². The predicted molar refractivity (Wildman–Crippen MR) is 57.7 cm³/mol. The lowest BCUT2D eigenvalue weighted by Crippen LogP contribution is -2.28. The maximum Gasteiger partial charge on any atom is 0.406 e. The third-order valence-electron chi connectivity index (χ3n) is 1.98. The molecule has 0 aliphatic heterocycles. The Labute approximate surface area is 103 Å². The van der Waals surface area contributed by atoms with Crippen molar-refractivity contribution < 1.29 is 17.6 Å². The zero-order valence-corrected chi connectivity index (χ0v) is 9.94. The van der Waals surface area contributed by atoms with Crippen molar-refractivity contribution in [3.8, 4) is 6.07 Å². The van der Waals surface area contributed by atoms with Crippen molar-refractivity contribution in [3.63, 3.8) is 0 Å². The maximum atomic E-state index is 12.8. The Morgan fingerprint density at radius 2 is 2.06 bits per heavy atom. The largest absolute Gasteiger partial charge is 0.406 e. The van der Waals surface area contributed by atoms with Crippen LogP contribution in [0.3, 0.4) is 0 Å². The summed E-state index contributed by atoms with van der Waals surface area (Å²) in [4.78, 5) is 0. The number of alkyl halides is 3. The molecule has 1 aromatic rings. The fourth-order valence-electron chi connectivity index (χ4n) is 1.06. The fourth-order valence-corrected chi connectivity index (χ4v) is 1.44. The van der Waals surface area contributed by atoms with Crippen molar-refractivity contribution in [1.29, 1.82) is 5.26 Å². The molecular formula is C10H7BrF4N2. The van der Waals surface area contributed by atoms with Gasteiger partial charge in [-0.05, 0) is 34.1 Å². The highest BCUT2D eigenvalue weighted by Crippen LogP contribution is 2.26. The molecule has 1 atom stereocenters. The monoisotopic (exact) mass is 310 g/mol. The summed E-state index contributed by atoms with van der Waals surface area (Å²) in [6, 6.07) is 4.88. The van der Waals surface area contributed by atoms with E-state index in [1.54, 1.807) is 0 Å². The zero-order valence-electron chi connectivity index (χ0n) is 8.35. The van der Waals surface area contributed by atoms with Gasteiger partial charge in [-0.2, -0.15) is 18.4 Å².